The molecular weight excluding hydrogens is 258 g/mol. The first-order valence-corrected chi connectivity index (χ1v) is 4.96. The summed E-state index contributed by atoms with van der Waals surface area (Å²) >= 11 is 16.8. The summed E-state index contributed by atoms with van der Waals surface area (Å²) in [4.78, 5) is 9.84. The highest BCUT2D eigenvalue weighted by atomic mass is 35.5. The first-order valence-electron chi connectivity index (χ1n) is 3.82. The molecule has 0 saturated heterocycles. The number of benzene rings is 1. The maximum absolute atomic E-state index is 9.84. The van der Waals surface area contributed by atoms with Crippen LogP contribution in [0.3, 0.4) is 0 Å². The van der Waals surface area contributed by atoms with Gasteiger partial charge in [-0.05, 0) is 12.1 Å². The average molecular weight is 268 g/mol. The van der Waals surface area contributed by atoms with Crippen molar-refractivity contribution in [3.63, 3.8) is 0 Å². The van der Waals surface area contributed by atoms with Gasteiger partial charge in [-0.1, -0.05) is 47.4 Å². The topological polar surface area (TPSA) is 26.3 Å². The molecule has 0 radical (unpaired) electrons. The van der Waals surface area contributed by atoms with Gasteiger partial charge in [0.1, 0.15) is 0 Å². The molecule has 0 aliphatic heterocycles. The van der Waals surface area contributed by atoms with Crippen molar-refractivity contribution in [2.75, 3.05) is 7.11 Å². The zero-order valence-electron chi connectivity index (χ0n) is 7.97. The van der Waals surface area contributed by atoms with Crippen LogP contribution in [-0.4, -0.2) is 13.1 Å². The van der Waals surface area contributed by atoms with Crippen LogP contribution in [0.4, 0.5) is 0 Å². The van der Waals surface area contributed by atoms with Crippen LogP contribution < -0.4 is 0 Å². The molecule has 0 heterocycles. The SMILES string of the molecule is C=CC(=O)OC.Clc1cccc(Cl)c1Cl. The second kappa shape index (κ2) is 7.57. The smallest absolute Gasteiger partial charge is 0.329 e. The van der Waals surface area contributed by atoms with Crippen molar-refractivity contribution in [1.29, 1.82) is 0 Å². The van der Waals surface area contributed by atoms with Gasteiger partial charge in [0.05, 0.1) is 22.2 Å². The summed E-state index contributed by atoms with van der Waals surface area (Å²) in [5, 5.41) is 1.40. The molecule has 0 bridgehead atoms. The molecule has 0 aromatic heterocycles. The van der Waals surface area contributed by atoms with Gasteiger partial charge in [0.2, 0.25) is 0 Å². The second-order valence-corrected chi connectivity index (χ2v) is 3.46. The molecule has 0 fully saturated rings. The van der Waals surface area contributed by atoms with Crippen molar-refractivity contribution >= 4 is 40.8 Å². The van der Waals surface area contributed by atoms with Gasteiger partial charge in [0.25, 0.3) is 0 Å². The summed E-state index contributed by atoms with van der Waals surface area (Å²) in [6, 6.07) is 5.13. The van der Waals surface area contributed by atoms with Crippen LogP contribution in [0.25, 0.3) is 0 Å². The van der Waals surface area contributed by atoms with E-state index >= 15 is 0 Å². The van der Waals surface area contributed by atoms with Crippen LogP contribution in [0.5, 0.6) is 0 Å². The highest BCUT2D eigenvalue weighted by molar-refractivity contribution is 6.47. The number of hydrogen-bond donors (Lipinski definition) is 0. The summed E-state index contributed by atoms with van der Waals surface area (Å²) < 4.78 is 4.14. The van der Waals surface area contributed by atoms with Gasteiger partial charge in [-0.2, -0.15) is 0 Å². The van der Waals surface area contributed by atoms with Gasteiger partial charge in [-0.15, -0.1) is 0 Å². The Morgan fingerprint density at radius 1 is 1.33 bits per heavy atom. The van der Waals surface area contributed by atoms with Crippen molar-refractivity contribution in [2.24, 2.45) is 0 Å². The number of halogens is 3. The Morgan fingerprint density at radius 2 is 1.80 bits per heavy atom. The van der Waals surface area contributed by atoms with Crippen LogP contribution in [0.2, 0.25) is 15.1 Å². The first-order chi connectivity index (χ1) is 7.02. The van der Waals surface area contributed by atoms with Crippen molar-refractivity contribution in [3.05, 3.63) is 45.9 Å². The van der Waals surface area contributed by atoms with E-state index in [1.807, 2.05) is 0 Å². The van der Waals surface area contributed by atoms with E-state index in [1.54, 1.807) is 18.2 Å². The van der Waals surface area contributed by atoms with E-state index in [9.17, 15) is 4.79 Å². The summed E-state index contributed by atoms with van der Waals surface area (Å²) in [6.45, 7) is 3.16. The molecule has 0 N–H and O–H groups in total. The normalized spacial score (nSPS) is 8.53. The molecule has 0 spiro atoms. The Morgan fingerprint density at radius 3 is 2.00 bits per heavy atom. The number of rotatable bonds is 1. The van der Waals surface area contributed by atoms with Crippen molar-refractivity contribution in [2.45, 2.75) is 0 Å². The fourth-order valence-corrected chi connectivity index (χ4v) is 1.08. The van der Waals surface area contributed by atoms with Crippen LogP contribution in [0, 0.1) is 0 Å². The molecule has 82 valence electrons. The number of methoxy groups -OCH3 is 1. The minimum absolute atomic E-state index is 0.394. The number of hydrogen-bond acceptors (Lipinski definition) is 2. The Bertz CT molecular complexity index is 330. The van der Waals surface area contributed by atoms with Crippen molar-refractivity contribution in [3.8, 4) is 0 Å². The minimum Gasteiger partial charge on any atom is -0.466 e. The third-order valence-corrected chi connectivity index (χ3v) is 2.50. The summed E-state index contributed by atoms with van der Waals surface area (Å²) in [5.41, 5.74) is 0. The van der Waals surface area contributed by atoms with E-state index in [-0.39, 0.29) is 0 Å². The quantitative estimate of drug-likeness (QED) is 0.437. The van der Waals surface area contributed by atoms with E-state index in [1.165, 1.54) is 7.11 Å². The summed E-state index contributed by atoms with van der Waals surface area (Å²) in [7, 11) is 1.31. The fourth-order valence-electron chi connectivity index (χ4n) is 0.561. The Hall–Kier alpha value is -0.700. The zero-order valence-corrected chi connectivity index (χ0v) is 10.2. The van der Waals surface area contributed by atoms with Gasteiger partial charge >= 0.3 is 5.97 Å². The lowest BCUT2D eigenvalue weighted by atomic mass is 10.4. The fraction of sp³-hybridized carbons (Fsp3) is 0.100. The van der Waals surface area contributed by atoms with Crippen LogP contribution >= 0.6 is 34.8 Å². The third kappa shape index (κ3) is 5.67. The van der Waals surface area contributed by atoms with Gasteiger partial charge in [0.15, 0.2) is 0 Å². The maximum atomic E-state index is 9.84. The standard InChI is InChI=1S/C6H3Cl3.C4H6O2/c7-4-2-1-3-5(8)6(4)9;1-3-4(5)6-2/h1-3H;3H,1H2,2H3. The molecule has 15 heavy (non-hydrogen) atoms. The number of esters is 1. The number of ether oxygens (including phenoxy) is 1. The largest absolute Gasteiger partial charge is 0.466 e. The molecule has 0 saturated carbocycles. The highest BCUT2D eigenvalue weighted by Gasteiger charge is 1.98. The van der Waals surface area contributed by atoms with E-state index < -0.39 is 5.97 Å². The first kappa shape index (κ1) is 14.3. The number of carbonyl (C=O) groups is 1. The van der Waals surface area contributed by atoms with E-state index in [0.717, 1.165) is 6.08 Å². The lowest BCUT2D eigenvalue weighted by Crippen LogP contribution is -1.91. The summed E-state index contributed by atoms with van der Waals surface area (Å²) in [6.07, 6.45) is 1.11. The third-order valence-electron chi connectivity index (χ3n) is 1.27. The predicted molar refractivity (Wildman–Crippen MR) is 63.7 cm³/mol. The zero-order chi connectivity index (χ0) is 11.8. The van der Waals surface area contributed by atoms with Crippen molar-refractivity contribution in [1.82, 2.24) is 0 Å². The molecule has 0 atom stereocenters. The highest BCUT2D eigenvalue weighted by Crippen LogP contribution is 2.28. The molecule has 0 aliphatic carbocycles. The average Bonchev–Trinajstić information content (AvgIpc) is 2.25. The predicted octanol–water partition coefficient (Wildman–Crippen LogP) is 3.99. The van der Waals surface area contributed by atoms with E-state index in [4.69, 9.17) is 34.8 Å². The molecule has 0 amide bonds. The number of carbonyl (C=O) groups excluding carboxylic acids is 1. The minimum atomic E-state index is -0.394. The lowest BCUT2D eigenvalue weighted by Gasteiger charge is -1.94. The molecular formula is C10H9Cl3O2. The molecule has 1 aromatic carbocycles. The van der Waals surface area contributed by atoms with Crippen molar-refractivity contribution < 1.29 is 9.53 Å². The van der Waals surface area contributed by atoms with Crippen LogP contribution in [0.15, 0.2) is 30.9 Å². The lowest BCUT2D eigenvalue weighted by molar-refractivity contribution is -0.134. The summed E-state index contributed by atoms with van der Waals surface area (Å²) in [5.74, 6) is -0.394. The molecule has 1 aromatic rings. The van der Waals surface area contributed by atoms with Gasteiger partial charge in [0, 0.05) is 6.08 Å². The van der Waals surface area contributed by atoms with E-state index in [2.05, 4.69) is 11.3 Å². The Balaban J connectivity index is 0.000000288. The molecule has 0 unspecified atom stereocenters. The van der Waals surface area contributed by atoms with Crippen LogP contribution in [-0.2, 0) is 9.53 Å². The van der Waals surface area contributed by atoms with Gasteiger partial charge in [-0.3, -0.25) is 0 Å². The van der Waals surface area contributed by atoms with E-state index in [0.29, 0.717) is 15.1 Å². The molecule has 2 nitrogen and oxygen atoms in total. The Labute approximate surface area is 103 Å². The maximum Gasteiger partial charge on any atom is 0.329 e. The van der Waals surface area contributed by atoms with Gasteiger partial charge < -0.3 is 4.74 Å². The second-order valence-electron chi connectivity index (χ2n) is 2.26. The monoisotopic (exact) mass is 266 g/mol. The molecule has 0 aliphatic rings. The molecule has 5 heteroatoms. The van der Waals surface area contributed by atoms with Crippen LogP contribution in [0.1, 0.15) is 0 Å². The molecule has 1 rings (SSSR count). The Kier molecular flexibility index (Phi) is 7.22. The van der Waals surface area contributed by atoms with Gasteiger partial charge in [-0.25, -0.2) is 4.79 Å².